The number of hydrogen-bond acceptors (Lipinski definition) is 5. The summed E-state index contributed by atoms with van der Waals surface area (Å²) in [4.78, 5) is -0.291. The molecule has 0 bridgehead atoms. The second-order valence-electron chi connectivity index (χ2n) is 7.15. The van der Waals surface area contributed by atoms with Crippen LogP contribution in [0.2, 0.25) is 0 Å². The first kappa shape index (κ1) is 20.4. The third kappa shape index (κ3) is 6.48. The molecule has 3 aromatic rings. The minimum atomic E-state index is -4.51. The van der Waals surface area contributed by atoms with Crippen LogP contribution in [-0.4, -0.2) is 29.4 Å². The lowest BCUT2D eigenvalue weighted by molar-refractivity contribution is 0.281. The van der Waals surface area contributed by atoms with Gasteiger partial charge in [0.05, 0.1) is 25.1 Å². The summed E-state index contributed by atoms with van der Waals surface area (Å²) < 4.78 is 75.5. The number of hydrogen-bond donors (Lipinski definition) is 1. The van der Waals surface area contributed by atoms with Gasteiger partial charge >= 0.3 is 0 Å². The topological polar surface area (TPSA) is 89.5 Å². The van der Waals surface area contributed by atoms with E-state index < -0.39 is 32.7 Å². The highest BCUT2D eigenvalue weighted by atomic mass is 32.2. The van der Waals surface area contributed by atoms with Gasteiger partial charge in [0.15, 0.2) is 0 Å². The van der Waals surface area contributed by atoms with Gasteiger partial charge in [0.1, 0.15) is 0 Å². The molecule has 0 heterocycles. The van der Waals surface area contributed by atoms with Crippen LogP contribution in [0.3, 0.4) is 0 Å². The fourth-order valence-electron chi connectivity index (χ4n) is 2.80. The summed E-state index contributed by atoms with van der Waals surface area (Å²) in [5, 5.41) is 0. The molecule has 0 unspecified atom stereocenters. The molecule has 0 aliphatic carbocycles. The Kier molecular flexibility index (Phi) is 6.40. The van der Waals surface area contributed by atoms with Crippen molar-refractivity contribution in [2.75, 3.05) is 6.56 Å². The highest BCUT2D eigenvalue weighted by Crippen LogP contribution is 2.16. The molecule has 31 heavy (non-hydrogen) atoms. The van der Waals surface area contributed by atoms with Gasteiger partial charge in [-0.25, -0.2) is 13.1 Å². The lowest BCUT2D eigenvalue weighted by Gasteiger charge is -2.19. The molecule has 0 fully saturated rings. The quantitative estimate of drug-likeness (QED) is 0.492. The minimum absolute atomic E-state index is 0.0663. The molecule has 3 rings (SSSR count). The average Bonchev–Trinajstić information content (AvgIpc) is 2.74. The number of sulfonamides is 1. The molecule has 0 saturated heterocycles. The summed E-state index contributed by atoms with van der Waals surface area (Å²) in [5.41, 5.74) is 2.29. The van der Waals surface area contributed by atoms with E-state index in [0.29, 0.717) is 5.56 Å². The zero-order chi connectivity index (χ0) is 24.3. The van der Waals surface area contributed by atoms with E-state index in [-0.39, 0.29) is 16.2 Å². The Morgan fingerprint density at radius 2 is 1.32 bits per heavy atom. The Hall–Kier alpha value is -2.52. The average molecular weight is 462 g/mol. The maximum absolute atomic E-state index is 13.0. The lowest BCUT2D eigenvalue weighted by atomic mass is 10.1. The van der Waals surface area contributed by atoms with E-state index in [1.165, 1.54) is 24.3 Å². The van der Waals surface area contributed by atoms with Crippen molar-refractivity contribution in [3.8, 4) is 0 Å². The third-order valence-electron chi connectivity index (χ3n) is 4.52. The second kappa shape index (κ2) is 9.74. The molecule has 0 aliphatic heterocycles. The van der Waals surface area contributed by atoms with E-state index in [2.05, 4.69) is 4.72 Å². The van der Waals surface area contributed by atoms with Crippen LogP contribution in [0.1, 0.15) is 19.4 Å². The maximum Gasteiger partial charge on any atom is 0.297 e. The van der Waals surface area contributed by atoms with Gasteiger partial charge in [0, 0.05) is 0 Å². The van der Waals surface area contributed by atoms with Crippen LogP contribution in [0.4, 0.5) is 0 Å². The Morgan fingerprint density at radius 3 is 1.87 bits per heavy atom. The molecule has 0 amide bonds. The molecule has 1 atom stereocenters. The number of nitrogens with one attached hydrogen (secondary N) is 1. The zero-order valence-corrected chi connectivity index (χ0v) is 18.8. The first-order chi connectivity index (χ1) is 15.4. The molecule has 164 valence electrons. The summed E-state index contributed by atoms with van der Waals surface area (Å²) in [6.45, 7) is 0.702. The van der Waals surface area contributed by atoms with E-state index in [1.54, 1.807) is 61.5 Å². The van der Waals surface area contributed by atoms with Gasteiger partial charge < -0.3 is 0 Å². The predicted octanol–water partition coefficient (Wildman–Crippen LogP) is 3.60. The van der Waals surface area contributed by atoms with E-state index in [1.807, 2.05) is 6.92 Å². The van der Waals surface area contributed by atoms with Crippen LogP contribution >= 0.6 is 0 Å². The molecule has 3 aromatic carbocycles. The maximum atomic E-state index is 13.0. The number of aryl methyl sites for hydroxylation is 2. The van der Waals surface area contributed by atoms with Crippen molar-refractivity contribution >= 4 is 20.1 Å². The van der Waals surface area contributed by atoms with E-state index in [0.717, 1.165) is 11.1 Å². The molecule has 0 saturated carbocycles. The van der Waals surface area contributed by atoms with Gasteiger partial charge in [-0.15, -0.1) is 0 Å². The van der Waals surface area contributed by atoms with Crippen LogP contribution in [0.15, 0.2) is 88.7 Å². The fourth-order valence-corrected chi connectivity index (χ4v) is 4.75. The van der Waals surface area contributed by atoms with Crippen molar-refractivity contribution in [3.63, 3.8) is 0 Å². The summed E-state index contributed by atoms with van der Waals surface area (Å²) >= 11 is 0. The Balaban J connectivity index is 1.95. The molecular formula is C23H25NO5S2. The first-order valence-corrected chi connectivity index (χ1v) is 12.4. The third-order valence-corrected chi connectivity index (χ3v) is 7.17. The van der Waals surface area contributed by atoms with Gasteiger partial charge in [-0.1, -0.05) is 65.7 Å². The first-order valence-electron chi connectivity index (χ1n) is 10.5. The molecular weight excluding hydrogens is 434 g/mol. The van der Waals surface area contributed by atoms with E-state index >= 15 is 0 Å². The molecule has 0 aromatic heterocycles. The minimum Gasteiger partial charge on any atom is -0.265 e. The highest BCUT2D eigenvalue weighted by Gasteiger charge is 2.24. The van der Waals surface area contributed by atoms with E-state index in [4.69, 9.17) is 6.92 Å². The summed E-state index contributed by atoms with van der Waals surface area (Å²) in [6.07, 6.45) is -0.137. The van der Waals surface area contributed by atoms with Crippen LogP contribution < -0.4 is 4.72 Å². The molecule has 0 aliphatic rings. The highest BCUT2D eigenvalue weighted by molar-refractivity contribution is 7.89. The largest absolute Gasteiger partial charge is 0.297 e. The predicted molar refractivity (Wildman–Crippen MR) is 120 cm³/mol. The van der Waals surface area contributed by atoms with Crippen LogP contribution in [-0.2, 0) is 30.7 Å². The molecule has 0 spiro atoms. The molecule has 0 radical (unpaired) electrons. The summed E-state index contributed by atoms with van der Waals surface area (Å²) in [7, 11) is -8.68. The number of benzene rings is 3. The van der Waals surface area contributed by atoms with Crippen LogP contribution in [0.5, 0.6) is 0 Å². The van der Waals surface area contributed by atoms with Gasteiger partial charge in [-0.3, -0.25) is 4.18 Å². The van der Waals surface area contributed by atoms with Crippen molar-refractivity contribution in [3.05, 3.63) is 95.6 Å². The van der Waals surface area contributed by atoms with E-state index in [9.17, 15) is 16.8 Å². The molecule has 8 heteroatoms. The number of rotatable bonds is 9. The fraction of sp³-hybridized carbons (Fsp3) is 0.217. The zero-order valence-electron chi connectivity index (χ0n) is 19.1. The van der Waals surface area contributed by atoms with Crippen molar-refractivity contribution in [1.29, 1.82) is 0 Å². The Morgan fingerprint density at radius 1 is 0.806 bits per heavy atom. The van der Waals surface area contributed by atoms with Crippen LogP contribution in [0, 0.1) is 13.8 Å². The van der Waals surface area contributed by atoms with Gasteiger partial charge in [0.2, 0.25) is 10.0 Å². The smallest absolute Gasteiger partial charge is 0.265 e. The normalized spacial score (nSPS) is 14.5. The second-order valence-corrected chi connectivity index (χ2v) is 10.4. The van der Waals surface area contributed by atoms with Gasteiger partial charge in [-0.2, -0.15) is 8.42 Å². The van der Waals surface area contributed by atoms with Crippen molar-refractivity contribution < 1.29 is 23.8 Å². The van der Waals surface area contributed by atoms with Crippen molar-refractivity contribution in [2.24, 2.45) is 0 Å². The Labute approximate surface area is 186 Å². The van der Waals surface area contributed by atoms with Crippen molar-refractivity contribution in [2.45, 2.75) is 36.1 Å². The Bertz CT molecular complexity index is 1290. The standard InChI is InChI=1S/C23H25NO5S2/c1-18-8-12-22(13-9-18)30(25,26)24-21(16-20-6-4-3-5-7-20)17-29-31(27,28)23-14-10-19(2)11-15-23/h3-15,21,24H,16-17H2,1-2H3/t21-/m1/s1/i17D2. The summed E-state index contributed by atoms with van der Waals surface area (Å²) in [5.74, 6) is 0. The van der Waals surface area contributed by atoms with Gasteiger partial charge in [-0.05, 0) is 50.1 Å². The molecule has 1 N–H and O–H groups in total. The monoisotopic (exact) mass is 461 g/mol. The lowest BCUT2D eigenvalue weighted by Crippen LogP contribution is -2.40. The summed E-state index contributed by atoms with van der Waals surface area (Å²) in [6, 6.07) is 18.8. The van der Waals surface area contributed by atoms with Crippen LogP contribution in [0.25, 0.3) is 0 Å². The van der Waals surface area contributed by atoms with Crippen molar-refractivity contribution in [1.82, 2.24) is 4.72 Å². The SMILES string of the molecule is [2H]C([2H])(OS(=O)(=O)c1ccc(C)cc1)[C@@H](Cc1ccccc1)NS(=O)(=O)c1ccc(C)cc1. The van der Waals surface area contributed by atoms with Gasteiger partial charge in [0.25, 0.3) is 10.1 Å². The molecule has 6 nitrogen and oxygen atoms in total.